The maximum absolute atomic E-state index is 13.8. The number of ether oxygens (including phenoxy) is 1. The van der Waals surface area contributed by atoms with Crippen molar-refractivity contribution in [2.24, 2.45) is 0 Å². The maximum Gasteiger partial charge on any atom is 0.239 e. The van der Waals surface area contributed by atoms with Gasteiger partial charge < -0.3 is 15.0 Å². The summed E-state index contributed by atoms with van der Waals surface area (Å²) < 4.78 is 41.2. The van der Waals surface area contributed by atoms with Gasteiger partial charge in [-0.05, 0) is 32.9 Å². The van der Waals surface area contributed by atoms with Crippen LogP contribution in [0, 0.1) is 10.6 Å². The van der Waals surface area contributed by atoms with E-state index in [2.05, 4.69) is 15.2 Å². The summed E-state index contributed by atoms with van der Waals surface area (Å²) in [6.07, 6.45) is 1.42. The van der Waals surface area contributed by atoms with Gasteiger partial charge in [-0.15, -0.1) is 0 Å². The van der Waals surface area contributed by atoms with Crippen LogP contribution in [-0.2, 0) is 19.2 Å². The summed E-state index contributed by atoms with van der Waals surface area (Å²) in [7, 11) is -1.27. The first kappa shape index (κ1) is 22.4. The number of imidazole rings is 1. The molecule has 0 amide bonds. The smallest absolute Gasteiger partial charge is 0.239 e. The number of nitrogens with zero attached hydrogens (tertiary/aromatic N) is 5. The highest BCUT2D eigenvalue weighted by Crippen LogP contribution is 2.33. The van der Waals surface area contributed by atoms with Gasteiger partial charge in [0.15, 0.2) is 0 Å². The molecule has 2 aromatic heterocycles. The van der Waals surface area contributed by atoms with Gasteiger partial charge in [-0.3, -0.25) is 4.78 Å². The molecular weight excluding hydrogens is 433 g/mol. The lowest BCUT2D eigenvalue weighted by Gasteiger charge is -2.35. The third-order valence-electron chi connectivity index (χ3n) is 5.99. The number of hydrogen-bond donors (Lipinski definition) is 2. The van der Waals surface area contributed by atoms with E-state index in [0.717, 1.165) is 0 Å². The van der Waals surface area contributed by atoms with E-state index in [1.165, 1.54) is 18.4 Å². The van der Waals surface area contributed by atoms with E-state index >= 15 is 0 Å². The van der Waals surface area contributed by atoms with Gasteiger partial charge in [-0.25, -0.2) is 23.1 Å². The van der Waals surface area contributed by atoms with Crippen LogP contribution < -0.4 is 10.2 Å². The molecule has 32 heavy (non-hydrogen) atoms. The molecule has 1 saturated heterocycles. The lowest BCUT2D eigenvalue weighted by molar-refractivity contribution is 0.0985. The quantitative estimate of drug-likeness (QED) is 0.601. The van der Waals surface area contributed by atoms with Crippen LogP contribution in [0.3, 0.4) is 0 Å². The molecule has 3 aromatic rings. The number of rotatable bonds is 5. The lowest BCUT2D eigenvalue weighted by atomic mass is 10.1. The van der Waals surface area contributed by atoms with Crippen LogP contribution in [0.2, 0.25) is 0 Å². The topological polar surface area (TPSA) is 109 Å². The first-order valence-electron chi connectivity index (χ1n) is 10.4. The minimum atomic E-state index is -2.99. The fourth-order valence-corrected chi connectivity index (χ4v) is 4.17. The molecule has 0 spiro atoms. The predicted octanol–water partition coefficient (Wildman–Crippen LogP) is 3.13. The SMILES string of the molecule is CNc1nc2cc(F)ccc2n1-c1nc(N2CCOC[C@H]2C)cc(C(C)(C)[S@@](C)(=N)=O)n1. The number of nitrogens with one attached hydrogen (secondary N) is 2. The monoisotopic (exact) mass is 461 g/mol. The second-order valence-electron chi connectivity index (χ2n) is 8.54. The van der Waals surface area contributed by atoms with E-state index in [0.29, 0.717) is 54.2 Å². The van der Waals surface area contributed by atoms with Crippen molar-refractivity contribution in [2.45, 2.75) is 31.6 Å². The second kappa shape index (κ2) is 7.96. The van der Waals surface area contributed by atoms with Gasteiger partial charge in [0.25, 0.3) is 0 Å². The van der Waals surface area contributed by atoms with Crippen LogP contribution in [-0.4, -0.2) is 62.8 Å². The fourth-order valence-electron chi connectivity index (χ4n) is 3.67. The molecule has 0 saturated carbocycles. The number of anilines is 2. The Morgan fingerprint density at radius 1 is 1.28 bits per heavy atom. The van der Waals surface area contributed by atoms with Gasteiger partial charge in [0.2, 0.25) is 11.9 Å². The normalized spacial score (nSPS) is 19.2. The summed E-state index contributed by atoms with van der Waals surface area (Å²) in [5.41, 5.74) is 1.59. The Kier molecular flexibility index (Phi) is 5.58. The second-order valence-corrected chi connectivity index (χ2v) is 11.2. The number of fused-ring (bicyclic) bond motifs is 1. The molecule has 0 bridgehead atoms. The van der Waals surface area contributed by atoms with Crippen LogP contribution in [0.4, 0.5) is 16.2 Å². The van der Waals surface area contributed by atoms with Gasteiger partial charge in [-0.1, -0.05) is 0 Å². The van der Waals surface area contributed by atoms with Gasteiger partial charge in [-0.2, -0.15) is 4.98 Å². The molecule has 1 aliphatic heterocycles. The lowest BCUT2D eigenvalue weighted by Crippen LogP contribution is -2.44. The Labute approximate surface area is 187 Å². The molecule has 2 atom stereocenters. The zero-order valence-electron chi connectivity index (χ0n) is 18.8. The minimum absolute atomic E-state index is 0.0850. The van der Waals surface area contributed by atoms with Crippen molar-refractivity contribution in [3.8, 4) is 5.95 Å². The predicted molar refractivity (Wildman–Crippen MR) is 124 cm³/mol. The first-order chi connectivity index (χ1) is 15.0. The number of benzene rings is 1. The third-order valence-corrected chi connectivity index (χ3v) is 8.15. The number of hydrogen-bond acceptors (Lipinski definition) is 8. The Hall–Kier alpha value is -2.79. The minimum Gasteiger partial charge on any atom is -0.377 e. The van der Waals surface area contributed by atoms with Crippen molar-refractivity contribution in [3.63, 3.8) is 0 Å². The highest BCUT2D eigenvalue weighted by atomic mass is 32.2. The summed E-state index contributed by atoms with van der Waals surface area (Å²) in [5.74, 6) is 1.03. The van der Waals surface area contributed by atoms with E-state index < -0.39 is 14.5 Å². The molecule has 172 valence electrons. The molecule has 2 N–H and O–H groups in total. The number of aromatic nitrogens is 4. The van der Waals surface area contributed by atoms with Gasteiger partial charge in [0.05, 0.1) is 50.5 Å². The van der Waals surface area contributed by atoms with Crippen LogP contribution >= 0.6 is 0 Å². The zero-order valence-corrected chi connectivity index (χ0v) is 19.7. The summed E-state index contributed by atoms with van der Waals surface area (Å²) >= 11 is 0. The summed E-state index contributed by atoms with van der Waals surface area (Å²) in [6.45, 7) is 7.33. The van der Waals surface area contributed by atoms with Crippen LogP contribution in [0.1, 0.15) is 26.5 Å². The van der Waals surface area contributed by atoms with E-state index in [1.807, 2.05) is 6.92 Å². The van der Waals surface area contributed by atoms with E-state index in [4.69, 9.17) is 19.5 Å². The average molecular weight is 462 g/mol. The van der Waals surface area contributed by atoms with E-state index in [-0.39, 0.29) is 11.9 Å². The molecule has 1 aliphatic rings. The van der Waals surface area contributed by atoms with E-state index in [9.17, 15) is 8.60 Å². The molecular formula is C21H28FN7O2S. The zero-order chi connectivity index (χ0) is 23.3. The van der Waals surface area contributed by atoms with Gasteiger partial charge >= 0.3 is 0 Å². The molecule has 0 radical (unpaired) electrons. The number of morpholine rings is 1. The fraction of sp³-hybridized carbons (Fsp3) is 0.476. The molecule has 9 nitrogen and oxygen atoms in total. The highest BCUT2D eigenvalue weighted by Gasteiger charge is 2.34. The van der Waals surface area contributed by atoms with E-state index in [1.54, 1.807) is 37.6 Å². The largest absolute Gasteiger partial charge is 0.377 e. The summed E-state index contributed by atoms with van der Waals surface area (Å²) in [6, 6.07) is 6.24. The highest BCUT2D eigenvalue weighted by molar-refractivity contribution is 7.92. The van der Waals surface area contributed by atoms with Crippen LogP contribution in [0.5, 0.6) is 0 Å². The van der Waals surface area contributed by atoms with Crippen molar-refractivity contribution in [1.82, 2.24) is 19.5 Å². The van der Waals surface area contributed by atoms with Crippen molar-refractivity contribution in [2.75, 3.05) is 43.3 Å². The van der Waals surface area contributed by atoms with Crippen molar-refractivity contribution < 1.29 is 13.3 Å². The average Bonchev–Trinajstić information content (AvgIpc) is 3.10. The van der Waals surface area contributed by atoms with Crippen molar-refractivity contribution in [3.05, 3.63) is 35.8 Å². The molecule has 0 unspecified atom stereocenters. The summed E-state index contributed by atoms with van der Waals surface area (Å²) in [5, 5.41) is 3.02. The molecule has 4 rings (SSSR count). The van der Waals surface area contributed by atoms with Crippen LogP contribution in [0.25, 0.3) is 17.0 Å². The maximum atomic E-state index is 13.8. The molecule has 11 heteroatoms. The Bertz CT molecular complexity index is 1270. The Morgan fingerprint density at radius 3 is 2.69 bits per heavy atom. The van der Waals surface area contributed by atoms with Gasteiger partial charge in [0, 0.05) is 32.0 Å². The van der Waals surface area contributed by atoms with Crippen molar-refractivity contribution >= 4 is 32.5 Å². The Balaban J connectivity index is 2.00. The van der Waals surface area contributed by atoms with Gasteiger partial charge in [0.1, 0.15) is 11.6 Å². The third kappa shape index (κ3) is 3.79. The molecule has 1 fully saturated rings. The standard InChI is InChI=1S/C21H28FN7O2S/c1-13-12-31-9-8-28(13)18-11-17(21(2,3)32(5,23)30)26-20(27-18)29-16-7-6-14(22)10-15(16)25-19(29)24-4/h6-7,10-11,13,23H,8-9,12H2,1-5H3,(H,24,25)/t13-,32+/m1/s1. The first-order valence-corrected chi connectivity index (χ1v) is 12.3. The van der Waals surface area contributed by atoms with Crippen LogP contribution in [0.15, 0.2) is 24.3 Å². The molecule has 0 aliphatic carbocycles. The number of halogens is 1. The Morgan fingerprint density at radius 2 is 2.03 bits per heavy atom. The molecule has 1 aromatic carbocycles. The molecule has 3 heterocycles. The summed E-state index contributed by atoms with van der Waals surface area (Å²) in [4.78, 5) is 16.1. The van der Waals surface area contributed by atoms with Crippen molar-refractivity contribution in [1.29, 1.82) is 4.78 Å².